The molecular formula is C27H28N4O5. The third-order valence-electron chi connectivity index (χ3n) is 8.62. The monoisotopic (exact) mass is 488 g/mol. The van der Waals surface area contributed by atoms with Crippen LogP contribution in [0.5, 0.6) is 0 Å². The second-order valence-corrected chi connectivity index (χ2v) is 11.8. The zero-order valence-electron chi connectivity index (χ0n) is 20.5. The summed E-state index contributed by atoms with van der Waals surface area (Å²) in [5.74, 6) is -1.19. The van der Waals surface area contributed by atoms with E-state index in [-0.39, 0.29) is 29.0 Å². The summed E-state index contributed by atoms with van der Waals surface area (Å²) in [6, 6.07) is 12.1. The first-order valence-corrected chi connectivity index (χ1v) is 12.3. The van der Waals surface area contributed by atoms with Crippen LogP contribution in [0, 0.1) is 26.4 Å². The van der Waals surface area contributed by atoms with E-state index in [4.69, 9.17) is 0 Å². The number of barbiturate groups is 1. The van der Waals surface area contributed by atoms with Gasteiger partial charge in [-0.1, -0.05) is 39.0 Å². The number of nitrogens with one attached hydrogen (secondary N) is 1. The Labute approximate surface area is 208 Å². The van der Waals surface area contributed by atoms with Crippen LogP contribution in [-0.2, 0) is 16.0 Å². The molecule has 4 atom stereocenters. The molecule has 36 heavy (non-hydrogen) atoms. The van der Waals surface area contributed by atoms with Crippen LogP contribution in [0.3, 0.4) is 0 Å². The lowest BCUT2D eigenvalue weighted by Crippen LogP contribution is -2.73. The standard InChI is InChI=1S/C27H28N4O5/c1-25(2)13-19-14-26(3,15-25)21-27(12-16-11-18(31(35)36)9-10-20(16)29(19)21)22(32)28-24(34)30(23(27)33)17-7-5-4-6-8-17/h4-11,19,21H,12-15H2,1-3H3,(H,28,32,34)/t19-,21+,26-,27+/m1/s1. The number of non-ortho nitro benzene ring substituents is 1. The van der Waals surface area contributed by atoms with Crippen molar-refractivity contribution < 1.29 is 19.3 Å². The summed E-state index contributed by atoms with van der Waals surface area (Å²) < 4.78 is 0. The number of fused-ring (bicyclic) bond motifs is 8. The van der Waals surface area contributed by atoms with E-state index in [2.05, 4.69) is 31.0 Å². The number of rotatable bonds is 2. The van der Waals surface area contributed by atoms with Crippen molar-refractivity contribution in [1.82, 2.24) is 5.32 Å². The minimum absolute atomic E-state index is 0.00476. The first kappa shape index (κ1) is 22.7. The molecule has 1 N–H and O–H groups in total. The van der Waals surface area contributed by atoms with Crippen LogP contribution < -0.4 is 15.1 Å². The Balaban J connectivity index is 1.60. The fraction of sp³-hybridized carbons (Fsp3) is 0.444. The highest BCUT2D eigenvalue weighted by Crippen LogP contribution is 2.64. The lowest BCUT2D eigenvalue weighted by atomic mass is 9.56. The Morgan fingerprint density at radius 1 is 1.03 bits per heavy atom. The molecule has 1 saturated carbocycles. The number of carbonyl (C=O) groups excluding carboxylic acids is 3. The van der Waals surface area contributed by atoms with Gasteiger partial charge in [-0.2, -0.15) is 0 Å². The maximum atomic E-state index is 14.5. The third-order valence-corrected chi connectivity index (χ3v) is 8.62. The maximum absolute atomic E-state index is 14.5. The normalized spacial score (nSPS) is 32.2. The SMILES string of the molecule is CC1(C)C[C@@H]2C[C@](C)(C1)[C@@H]1N2c2ccc([N+](=O)[O-])cc2C[C@@]12C(=O)NC(=O)N(c1ccccc1)C2=O. The quantitative estimate of drug-likeness (QED) is 0.385. The molecule has 3 aliphatic heterocycles. The third kappa shape index (κ3) is 2.91. The van der Waals surface area contributed by atoms with Crippen molar-refractivity contribution in [1.29, 1.82) is 0 Å². The second-order valence-electron chi connectivity index (χ2n) is 11.8. The lowest BCUT2D eigenvalue weighted by Gasteiger charge is -2.53. The number of amides is 4. The van der Waals surface area contributed by atoms with E-state index in [1.165, 1.54) is 12.1 Å². The molecule has 2 aromatic carbocycles. The van der Waals surface area contributed by atoms with Crippen molar-refractivity contribution in [2.24, 2.45) is 16.2 Å². The average Bonchev–Trinajstić information content (AvgIpc) is 3.03. The van der Waals surface area contributed by atoms with E-state index in [0.717, 1.165) is 29.8 Å². The van der Waals surface area contributed by atoms with Gasteiger partial charge < -0.3 is 4.90 Å². The van der Waals surface area contributed by atoms with Gasteiger partial charge in [-0.05, 0) is 53.9 Å². The first-order valence-electron chi connectivity index (χ1n) is 12.3. The molecule has 4 aliphatic rings. The number of hydrogen-bond donors (Lipinski definition) is 1. The number of imide groups is 2. The van der Waals surface area contributed by atoms with Crippen molar-refractivity contribution in [3.8, 4) is 0 Å². The minimum atomic E-state index is -1.60. The summed E-state index contributed by atoms with van der Waals surface area (Å²) in [6.45, 7) is 6.57. The van der Waals surface area contributed by atoms with E-state index >= 15 is 0 Å². The van der Waals surface area contributed by atoms with E-state index in [1.807, 2.05) is 0 Å². The summed E-state index contributed by atoms with van der Waals surface area (Å²) >= 11 is 0. The average molecular weight is 489 g/mol. The largest absolute Gasteiger partial charge is 0.363 e. The van der Waals surface area contributed by atoms with Gasteiger partial charge in [0.2, 0.25) is 5.91 Å². The molecule has 1 aliphatic carbocycles. The van der Waals surface area contributed by atoms with E-state index in [0.29, 0.717) is 11.3 Å². The van der Waals surface area contributed by atoms with Gasteiger partial charge in [-0.15, -0.1) is 0 Å². The van der Waals surface area contributed by atoms with Gasteiger partial charge in [-0.3, -0.25) is 25.0 Å². The Hall–Kier alpha value is -3.75. The van der Waals surface area contributed by atoms with Crippen molar-refractivity contribution in [2.45, 2.75) is 58.5 Å². The van der Waals surface area contributed by atoms with Crippen LogP contribution in [0.2, 0.25) is 0 Å². The van der Waals surface area contributed by atoms with Crippen LogP contribution in [0.4, 0.5) is 21.9 Å². The van der Waals surface area contributed by atoms with E-state index in [1.54, 1.807) is 36.4 Å². The van der Waals surface area contributed by atoms with Gasteiger partial charge in [0.05, 0.1) is 16.7 Å². The number of nitro benzene ring substituents is 1. The van der Waals surface area contributed by atoms with Crippen LogP contribution in [0.15, 0.2) is 48.5 Å². The highest BCUT2D eigenvalue weighted by atomic mass is 16.6. The highest BCUT2D eigenvalue weighted by Gasteiger charge is 2.71. The summed E-state index contributed by atoms with van der Waals surface area (Å²) in [6.07, 6.45) is 2.50. The zero-order chi connectivity index (χ0) is 25.6. The number of urea groups is 1. The summed E-state index contributed by atoms with van der Waals surface area (Å²) in [5.41, 5.74) is -0.269. The minimum Gasteiger partial charge on any atom is -0.363 e. The first-order chi connectivity index (χ1) is 17.0. The van der Waals surface area contributed by atoms with Gasteiger partial charge in [-0.25, -0.2) is 9.69 Å². The molecule has 1 spiro atoms. The number of hydrogen-bond acceptors (Lipinski definition) is 6. The van der Waals surface area contributed by atoms with Gasteiger partial charge in [0.1, 0.15) is 0 Å². The van der Waals surface area contributed by atoms with E-state index < -0.39 is 34.2 Å². The molecule has 3 heterocycles. The Kier molecular flexibility index (Phi) is 4.51. The Bertz CT molecular complexity index is 1340. The topological polar surface area (TPSA) is 113 Å². The molecule has 9 nitrogen and oxygen atoms in total. The van der Waals surface area contributed by atoms with Crippen molar-refractivity contribution >= 4 is 34.9 Å². The van der Waals surface area contributed by atoms with Crippen LogP contribution in [-0.4, -0.2) is 34.9 Å². The van der Waals surface area contributed by atoms with E-state index in [9.17, 15) is 24.5 Å². The predicted molar refractivity (Wildman–Crippen MR) is 132 cm³/mol. The molecule has 2 saturated heterocycles. The predicted octanol–water partition coefficient (Wildman–Crippen LogP) is 4.19. The summed E-state index contributed by atoms with van der Waals surface area (Å²) in [5, 5.41) is 14.1. The second kappa shape index (κ2) is 7.15. The molecule has 2 bridgehead atoms. The van der Waals surface area contributed by atoms with Crippen molar-refractivity contribution in [3.63, 3.8) is 0 Å². The van der Waals surface area contributed by atoms with Crippen LogP contribution in [0.1, 0.15) is 45.6 Å². The summed E-state index contributed by atoms with van der Waals surface area (Å²) in [4.78, 5) is 55.8. The smallest absolute Gasteiger partial charge is 0.335 e. The number of nitro groups is 1. The Morgan fingerprint density at radius 2 is 1.75 bits per heavy atom. The molecule has 3 fully saturated rings. The van der Waals surface area contributed by atoms with Gasteiger partial charge in [0.15, 0.2) is 5.41 Å². The molecule has 0 unspecified atom stereocenters. The zero-order valence-corrected chi connectivity index (χ0v) is 20.5. The molecule has 9 heteroatoms. The molecule has 0 radical (unpaired) electrons. The number of carbonyl (C=O) groups is 3. The Morgan fingerprint density at radius 3 is 2.44 bits per heavy atom. The lowest BCUT2D eigenvalue weighted by molar-refractivity contribution is -0.384. The highest BCUT2D eigenvalue weighted by molar-refractivity contribution is 6.30. The number of para-hydroxylation sites is 1. The van der Waals surface area contributed by atoms with Crippen LogP contribution in [0.25, 0.3) is 0 Å². The molecular weight excluding hydrogens is 460 g/mol. The number of anilines is 2. The fourth-order valence-corrected chi connectivity index (χ4v) is 7.94. The van der Waals surface area contributed by atoms with Crippen molar-refractivity contribution in [3.05, 3.63) is 64.2 Å². The number of nitrogens with zero attached hydrogens (tertiary/aromatic N) is 3. The van der Waals surface area contributed by atoms with Crippen LogP contribution >= 0.6 is 0 Å². The summed E-state index contributed by atoms with van der Waals surface area (Å²) in [7, 11) is 0. The molecule has 0 aromatic heterocycles. The van der Waals surface area contributed by atoms with Crippen molar-refractivity contribution in [2.75, 3.05) is 9.80 Å². The molecule has 6 rings (SSSR count). The van der Waals surface area contributed by atoms with Gasteiger partial charge in [0, 0.05) is 30.3 Å². The number of benzene rings is 2. The van der Waals surface area contributed by atoms with Gasteiger partial charge >= 0.3 is 6.03 Å². The molecule has 186 valence electrons. The van der Waals surface area contributed by atoms with Gasteiger partial charge in [0.25, 0.3) is 11.6 Å². The maximum Gasteiger partial charge on any atom is 0.335 e. The molecule has 4 amide bonds. The fourth-order valence-electron chi connectivity index (χ4n) is 7.94. The molecule has 2 aromatic rings.